The molecule has 2 aromatic rings. The van der Waals surface area contributed by atoms with Crippen molar-refractivity contribution in [1.29, 1.82) is 0 Å². The van der Waals surface area contributed by atoms with Gasteiger partial charge in [0, 0.05) is 51.3 Å². The molecule has 0 aliphatic heterocycles. The zero-order valence-corrected chi connectivity index (χ0v) is 21.4. The molecule has 0 aromatic heterocycles. The van der Waals surface area contributed by atoms with Gasteiger partial charge in [0.15, 0.2) is 0 Å². The van der Waals surface area contributed by atoms with Crippen molar-refractivity contribution < 1.29 is 23.9 Å². The van der Waals surface area contributed by atoms with Crippen LogP contribution in [0.2, 0.25) is 0 Å². The van der Waals surface area contributed by atoms with E-state index >= 15 is 0 Å². The maximum Gasteiger partial charge on any atom is 0.331 e. The van der Waals surface area contributed by atoms with Crippen LogP contribution in [-0.2, 0) is 24.5 Å². The van der Waals surface area contributed by atoms with E-state index in [4.69, 9.17) is 14.3 Å². The lowest BCUT2D eigenvalue weighted by molar-refractivity contribution is -0.140. The van der Waals surface area contributed by atoms with Crippen molar-refractivity contribution in [1.82, 2.24) is 0 Å². The number of methoxy groups -OCH3 is 2. The van der Waals surface area contributed by atoms with Crippen molar-refractivity contribution in [2.24, 2.45) is 11.1 Å². The minimum atomic E-state index is -0.559. The fourth-order valence-corrected chi connectivity index (χ4v) is 5.40. The second kappa shape index (κ2) is 11.1. The Balaban J connectivity index is 1.82. The van der Waals surface area contributed by atoms with Gasteiger partial charge in [-0.05, 0) is 54.5 Å². The fourth-order valence-electron chi connectivity index (χ4n) is 5.40. The number of carbonyl (C=O) groups is 2. The molecule has 0 fully saturated rings. The summed E-state index contributed by atoms with van der Waals surface area (Å²) in [5.74, 6) is -1.05. The predicted octanol–water partition coefficient (Wildman–Crippen LogP) is 5.65. The van der Waals surface area contributed by atoms with Crippen LogP contribution in [0, 0.1) is 5.92 Å². The monoisotopic (exact) mass is 487 g/mol. The molecule has 0 N–H and O–H groups in total. The third-order valence-electron chi connectivity index (χ3n) is 7.25. The number of hydrogen-bond acceptors (Lipinski definition) is 6. The van der Waals surface area contributed by atoms with Gasteiger partial charge in [-0.25, -0.2) is 4.79 Å². The van der Waals surface area contributed by atoms with Crippen molar-refractivity contribution in [3.63, 3.8) is 0 Å². The number of ketones is 1. The lowest BCUT2D eigenvalue weighted by atomic mass is 9.72. The topological polar surface area (TPSA) is 74.2 Å². The van der Waals surface area contributed by atoms with Crippen LogP contribution in [0.1, 0.15) is 54.6 Å². The smallest absolute Gasteiger partial charge is 0.331 e. The second-order valence-electron chi connectivity index (χ2n) is 9.39. The van der Waals surface area contributed by atoms with Crippen molar-refractivity contribution in [2.75, 3.05) is 27.4 Å². The highest BCUT2D eigenvalue weighted by Gasteiger charge is 2.43. The van der Waals surface area contributed by atoms with E-state index in [2.05, 4.69) is 23.4 Å². The van der Waals surface area contributed by atoms with Crippen molar-refractivity contribution in [3.05, 3.63) is 83.0 Å². The van der Waals surface area contributed by atoms with E-state index < -0.39 is 5.97 Å². The number of nitrogens with zero attached hydrogens (tertiary/aromatic N) is 1. The Kier molecular flexibility index (Phi) is 7.97. The fraction of sp³-hybridized carbons (Fsp3) is 0.367. The van der Waals surface area contributed by atoms with Crippen molar-refractivity contribution in [3.8, 4) is 11.1 Å². The Morgan fingerprint density at radius 1 is 1.00 bits per heavy atom. The van der Waals surface area contributed by atoms with Gasteiger partial charge in [-0.2, -0.15) is 0 Å². The van der Waals surface area contributed by atoms with Crippen LogP contribution in [0.3, 0.4) is 0 Å². The summed E-state index contributed by atoms with van der Waals surface area (Å²) >= 11 is 0. The number of hydrogen-bond donors (Lipinski definition) is 0. The highest BCUT2D eigenvalue weighted by Crippen LogP contribution is 2.53. The lowest BCUT2D eigenvalue weighted by Crippen LogP contribution is -2.30. The normalized spacial score (nSPS) is 17.8. The summed E-state index contributed by atoms with van der Waals surface area (Å²) in [4.78, 5) is 30.4. The Morgan fingerprint density at radius 3 is 2.36 bits per heavy atom. The molecule has 2 aromatic carbocycles. The Hall–Kier alpha value is -3.35. The molecule has 4 rings (SSSR count). The predicted molar refractivity (Wildman–Crippen MR) is 140 cm³/mol. The quantitative estimate of drug-likeness (QED) is 0.187. The minimum Gasteiger partial charge on any atom is -0.385 e. The molecule has 0 heterocycles. The number of fused-ring (bicyclic) bond motifs is 3. The zero-order chi connectivity index (χ0) is 25.7. The molecular weight excluding hydrogens is 454 g/mol. The molecule has 2 aliphatic rings. The molecule has 6 heteroatoms. The summed E-state index contributed by atoms with van der Waals surface area (Å²) in [6.45, 7) is 4.40. The lowest BCUT2D eigenvalue weighted by Gasteiger charge is -2.32. The van der Waals surface area contributed by atoms with Crippen LogP contribution >= 0.6 is 0 Å². The zero-order valence-electron chi connectivity index (χ0n) is 21.4. The van der Waals surface area contributed by atoms with Crippen molar-refractivity contribution in [2.45, 2.75) is 38.5 Å². The third kappa shape index (κ3) is 4.84. The highest BCUT2D eigenvalue weighted by atomic mass is 16.7. The van der Waals surface area contributed by atoms with Crippen LogP contribution in [0.25, 0.3) is 11.1 Å². The first-order valence-corrected chi connectivity index (χ1v) is 12.3. The molecule has 2 aliphatic carbocycles. The van der Waals surface area contributed by atoms with Crippen LogP contribution in [-0.4, -0.2) is 44.9 Å². The molecule has 0 saturated carbocycles. The average Bonchev–Trinajstić information content (AvgIpc) is 3.16. The first kappa shape index (κ1) is 25.7. The van der Waals surface area contributed by atoms with E-state index in [1.54, 1.807) is 14.2 Å². The molecule has 6 nitrogen and oxygen atoms in total. The van der Waals surface area contributed by atoms with Crippen molar-refractivity contribution >= 4 is 17.5 Å². The maximum atomic E-state index is 13.9. The molecule has 36 heavy (non-hydrogen) atoms. The van der Waals surface area contributed by atoms with Gasteiger partial charge in [-0.3, -0.25) is 4.79 Å². The summed E-state index contributed by atoms with van der Waals surface area (Å²) < 4.78 is 11.0. The Morgan fingerprint density at radius 2 is 1.69 bits per heavy atom. The molecule has 0 bridgehead atoms. The number of ether oxygens (including phenoxy) is 2. The van der Waals surface area contributed by atoms with Crippen LogP contribution in [0.15, 0.2) is 71.4 Å². The minimum absolute atomic E-state index is 0.234. The van der Waals surface area contributed by atoms with Gasteiger partial charge in [0.25, 0.3) is 0 Å². The summed E-state index contributed by atoms with van der Waals surface area (Å²) in [6, 6.07) is 14.3. The molecule has 0 radical (unpaired) electrons. The van der Waals surface area contributed by atoms with Gasteiger partial charge in [0.1, 0.15) is 5.71 Å². The van der Waals surface area contributed by atoms with E-state index in [0.717, 1.165) is 29.5 Å². The highest BCUT2D eigenvalue weighted by molar-refractivity contribution is 6.47. The van der Waals surface area contributed by atoms with E-state index in [1.165, 1.54) is 18.1 Å². The number of benzene rings is 2. The molecule has 1 atom stereocenters. The van der Waals surface area contributed by atoms with Gasteiger partial charge in [0.2, 0.25) is 5.78 Å². The molecule has 188 valence electrons. The van der Waals surface area contributed by atoms with Crippen LogP contribution < -0.4 is 0 Å². The van der Waals surface area contributed by atoms with Gasteiger partial charge in [-0.1, -0.05) is 65.4 Å². The average molecular weight is 488 g/mol. The second-order valence-corrected chi connectivity index (χ2v) is 9.39. The number of Topliss-reactive ketones (excluding diaryl/α,β-unsaturated/α-hetero) is 1. The molecule has 0 amide bonds. The van der Waals surface area contributed by atoms with Crippen LogP contribution in [0.5, 0.6) is 0 Å². The summed E-state index contributed by atoms with van der Waals surface area (Å²) in [5.41, 5.74) is 6.01. The molecule has 1 unspecified atom stereocenters. The summed E-state index contributed by atoms with van der Waals surface area (Å²) in [6.07, 6.45) is 8.07. The van der Waals surface area contributed by atoms with Gasteiger partial charge >= 0.3 is 5.97 Å². The number of rotatable bonds is 10. The Labute approximate surface area is 212 Å². The largest absolute Gasteiger partial charge is 0.385 e. The summed E-state index contributed by atoms with van der Waals surface area (Å²) in [5, 5.41) is 4.05. The maximum absolute atomic E-state index is 13.9. The first-order chi connectivity index (χ1) is 17.4. The number of allylic oxidation sites excluding steroid dienone is 4. The standard InChI is InChI=1S/C30H33NO5/c1-20-9-5-6-10-23(20)28(31-36-21(2)32)29(33)22-13-14-25-24-11-7-8-12-26(24)30(15-17-34-3,16-18-35-4)27(25)19-22/h5-9,11-14,19,23H,10,15-18H2,1-4H3/b31-28+. The molecule has 0 saturated heterocycles. The third-order valence-corrected chi connectivity index (χ3v) is 7.25. The van der Waals surface area contributed by atoms with E-state index in [9.17, 15) is 9.59 Å². The summed E-state index contributed by atoms with van der Waals surface area (Å²) in [7, 11) is 3.41. The molecular formula is C30H33NO5. The van der Waals surface area contributed by atoms with Gasteiger partial charge < -0.3 is 14.3 Å². The van der Waals surface area contributed by atoms with E-state index in [-0.39, 0.29) is 22.8 Å². The van der Waals surface area contributed by atoms with Gasteiger partial charge in [-0.15, -0.1) is 0 Å². The van der Waals surface area contributed by atoms with Crippen LogP contribution in [0.4, 0.5) is 0 Å². The number of oxime groups is 1. The first-order valence-electron chi connectivity index (χ1n) is 12.3. The Bertz CT molecular complexity index is 1230. The SMILES string of the molecule is COCCC1(CCOC)c2ccccc2-c2ccc(C(=O)/C(=N/OC(C)=O)C3CC=CC=C3C)cc21. The van der Waals surface area contributed by atoms with E-state index in [1.807, 2.05) is 49.4 Å². The van der Waals surface area contributed by atoms with E-state index in [0.29, 0.717) is 25.2 Å². The number of carbonyl (C=O) groups excluding carboxylic acids is 2. The molecule has 0 spiro atoms. The van der Waals surface area contributed by atoms with Gasteiger partial charge in [0.05, 0.1) is 0 Å².